The molecule has 1 saturated heterocycles. The Kier molecular flexibility index (Phi) is 9.57. The van der Waals surface area contributed by atoms with E-state index in [0.29, 0.717) is 13.2 Å². The number of rotatable bonds is 7. The predicted molar refractivity (Wildman–Crippen MR) is 125 cm³/mol. The number of β-amino-alcohol motifs (C(OH)–C–C–N with tert-alkyl or cyclic N) is 1. The highest BCUT2D eigenvalue weighted by atomic mass is 127. The van der Waals surface area contributed by atoms with E-state index < -0.39 is 0 Å². The van der Waals surface area contributed by atoms with Crippen molar-refractivity contribution in [2.75, 3.05) is 26.2 Å². The minimum atomic E-state index is -0.239. The summed E-state index contributed by atoms with van der Waals surface area (Å²) in [5.74, 6) is 1.78. The Balaban J connectivity index is 0.00000280. The Labute approximate surface area is 184 Å². The molecule has 1 fully saturated rings. The second kappa shape index (κ2) is 11.9. The fourth-order valence-corrected chi connectivity index (χ4v) is 3.14. The standard InChI is InChI=1S/C22H29N3O2.HI/c1-2-23-22(25-15-13-20(26)16-25)24-14-12-18-8-10-21(11-9-18)27-17-19-6-4-3-5-7-19;/h3-11,20,26H,2,12-17H2,1H3,(H,23,24);1H/t20-;/m1./s1. The van der Waals surface area contributed by atoms with Crippen LogP contribution in [0, 0.1) is 0 Å². The second-order valence-corrected chi connectivity index (χ2v) is 6.79. The molecule has 152 valence electrons. The van der Waals surface area contributed by atoms with Crippen molar-refractivity contribution < 1.29 is 9.84 Å². The first kappa shape index (κ1) is 22.5. The number of halogens is 1. The van der Waals surface area contributed by atoms with E-state index in [1.54, 1.807) is 0 Å². The van der Waals surface area contributed by atoms with Crippen LogP contribution in [0.2, 0.25) is 0 Å². The van der Waals surface area contributed by atoms with Crippen LogP contribution in [0.1, 0.15) is 24.5 Å². The molecule has 0 bridgehead atoms. The molecule has 2 aromatic rings. The lowest BCUT2D eigenvalue weighted by Crippen LogP contribution is -2.40. The smallest absolute Gasteiger partial charge is 0.194 e. The van der Waals surface area contributed by atoms with Gasteiger partial charge in [-0.3, -0.25) is 4.99 Å². The highest BCUT2D eigenvalue weighted by molar-refractivity contribution is 14.0. The summed E-state index contributed by atoms with van der Waals surface area (Å²) in [7, 11) is 0. The van der Waals surface area contributed by atoms with Gasteiger partial charge >= 0.3 is 0 Å². The molecule has 0 unspecified atom stereocenters. The first-order valence-electron chi connectivity index (χ1n) is 9.71. The molecule has 0 saturated carbocycles. The summed E-state index contributed by atoms with van der Waals surface area (Å²) in [5.41, 5.74) is 2.40. The van der Waals surface area contributed by atoms with Crippen molar-refractivity contribution in [2.24, 2.45) is 4.99 Å². The fourth-order valence-electron chi connectivity index (χ4n) is 3.14. The van der Waals surface area contributed by atoms with Gasteiger partial charge in [-0.25, -0.2) is 0 Å². The van der Waals surface area contributed by atoms with Crippen LogP contribution in [-0.2, 0) is 13.0 Å². The van der Waals surface area contributed by atoms with Gasteiger partial charge in [0.15, 0.2) is 5.96 Å². The maximum absolute atomic E-state index is 9.73. The van der Waals surface area contributed by atoms with Gasteiger partial charge < -0.3 is 20.1 Å². The molecular weight excluding hydrogens is 465 g/mol. The number of guanidine groups is 1. The van der Waals surface area contributed by atoms with E-state index in [4.69, 9.17) is 9.73 Å². The Morgan fingerprint density at radius 1 is 1.14 bits per heavy atom. The Bertz CT molecular complexity index is 722. The molecule has 0 aliphatic carbocycles. The molecule has 1 aliphatic rings. The van der Waals surface area contributed by atoms with Gasteiger partial charge in [0.05, 0.1) is 6.10 Å². The fraction of sp³-hybridized carbons (Fsp3) is 0.409. The first-order valence-corrected chi connectivity index (χ1v) is 9.71. The molecule has 6 heteroatoms. The first-order chi connectivity index (χ1) is 13.2. The number of nitrogens with zero attached hydrogens (tertiary/aromatic N) is 2. The lowest BCUT2D eigenvalue weighted by Gasteiger charge is -2.20. The van der Waals surface area contributed by atoms with E-state index in [9.17, 15) is 5.11 Å². The summed E-state index contributed by atoms with van der Waals surface area (Å²) in [6, 6.07) is 18.4. The van der Waals surface area contributed by atoms with Crippen LogP contribution in [0.5, 0.6) is 5.75 Å². The number of hydrogen-bond acceptors (Lipinski definition) is 3. The van der Waals surface area contributed by atoms with E-state index in [0.717, 1.165) is 44.2 Å². The Hall–Kier alpha value is -1.80. The van der Waals surface area contributed by atoms with Crippen LogP contribution in [0.3, 0.4) is 0 Å². The van der Waals surface area contributed by atoms with Crippen LogP contribution in [0.25, 0.3) is 0 Å². The highest BCUT2D eigenvalue weighted by Crippen LogP contribution is 2.15. The number of aliphatic hydroxyl groups excluding tert-OH is 1. The number of benzene rings is 2. The molecule has 1 atom stereocenters. The minimum absolute atomic E-state index is 0. The summed E-state index contributed by atoms with van der Waals surface area (Å²) in [6.07, 6.45) is 1.45. The van der Waals surface area contributed by atoms with Crippen LogP contribution in [-0.4, -0.2) is 48.2 Å². The molecule has 1 heterocycles. The average molecular weight is 495 g/mol. The number of aliphatic imine (C=N–C) groups is 1. The van der Waals surface area contributed by atoms with Crippen molar-refractivity contribution in [1.82, 2.24) is 10.2 Å². The maximum Gasteiger partial charge on any atom is 0.194 e. The van der Waals surface area contributed by atoms with Gasteiger partial charge in [0.25, 0.3) is 0 Å². The van der Waals surface area contributed by atoms with E-state index in [-0.39, 0.29) is 30.1 Å². The number of likely N-dealkylation sites (tertiary alicyclic amines) is 1. The zero-order valence-corrected chi connectivity index (χ0v) is 18.7. The molecule has 28 heavy (non-hydrogen) atoms. The van der Waals surface area contributed by atoms with Gasteiger partial charge in [-0.2, -0.15) is 0 Å². The molecule has 0 radical (unpaired) electrons. The minimum Gasteiger partial charge on any atom is -0.489 e. The Morgan fingerprint density at radius 3 is 2.54 bits per heavy atom. The summed E-state index contributed by atoms with van der Waals surface area (Å²) in [5, 5.41) is 13.0. The molecule has 0 aromatic heterocycles. The monoisotopic (exact) mass is 495 g/mol. The van der Waals surface area contributed by atoms with Crippen molar-refractivity contribution in [3.05, 3.63) is 65.7 Å². The third-order valence-corrected chi connectivity index (χ3v) is 4.63. The van der Waals surface area contributed by atoms with Crippen LogP contribution in [0.4, 0.5) is 0 Å². The number of hydrogen-bond donors (Lipinski definition) is 2. The predicted octanol–water partition coefficient (Wildman–Crippen LogP) is 3.46. The topological polar surface area (TPSA) is 57.1 Å². The average Bonchev–Trinajstić information content (AvgIpc) is 3.14. The largest absolute Gasteiger partial charge is 0.489 e. The van der Waals surface area contributed by atoms with Gasteiger partial charge in [-0.1, -0.05) is 42.5 Å². The van der Waals surface area contributed by atoms with Gasteiger partial charge in [-0.15, -0.1) is 24.0 Å². The third-order valence-electron chi connectivity index (χ3n) is 4.63. The van der Waals surface area contributed by atoms with Crippen molar-refractivity contribution >= 4 is 29.9 Å². The zero-order valence-electron chi connectivity index (χ0n) is 16.4. The number of ether oxygens (including phenoxy) is 1. The number of aliphatic hydroxyl groups is 1. The summed E-state index contributed by atoms with van der Waals surface area (Å²) in [4.78, 5) is 6.85. The number of nitrogens with one attached hydrogen (secondary N) is 1. The SMILES string of the molecule is CCNC(=NCCc1ccc(OCc2ccccc2)cc1)N1CC[C@@H](O)C1.I. The summed E-state index contributed by atoms with van der Waals surface area (Å²) < 4.78 is 5.83. The van der Waals surface area contributed by atoms with Gasteiger partial charge in [0.1, 0.15) is 12.4 Å². The maximum atomic E-state index is 9.73. The Morgan fingerprint density at radius 2 is 1.89 bits per heavy atom. The third kappa shape index (κ3) is 6.98. The van der Waals surface area contributed by atoms with Crippen molar-refractivity contribution in [3.8, 4) is 5.75 Å². The summed E-state index contributed by atoms with van der Waals surface area (Å²) in [6.45, 7) is 5.73. The molecule has 5 nitrogen and oxygen atoms in total. The van der Waals surface area contributed by atoms with Crippen molar-refractivity contribution in [1.29, 1.82) is 0 Å². The summed E-state index contributed by atoms with van der Waals surface area (Å²) >= 11 is 0. The molecule has 0 amide bonds. The molecule has 1 aliphatic heterocycles. The van der Waals surface area contributed by atoms with E-state index >= 15 is 0 Å². The molecule has 2 N–H and O–H groups in total. The van der Waals surface area contributed by atoms with Crippen LogP contribution in [0.15, 0.2) is 59.6 Å². The highest BCUT2D eigenvalue weighted by Gasteiger charge is 2.22. The van der Waals surface area contributed by atoms with Gasteiger partial charge in [0, 0.05) is 26.2 Å². The van der Waals surface area contributed by atoms with Crippen molar-refractivity contribution in [2.45, 2.75) is 32.5 Å². The molecular formula is C22H30IN3O2. The second-order valence-electron chi connectivity index (χ2n) is 6.79. The van der Waals surface area contributed by atoms with Crippen molar-refractivity contribution in [3.63, 3.8) is 0 Å². The van der Waals surface area contributed by atoms with Gasteiger partial charge in [-0.05, 0) is 43.0 Å². The van der Waals surface area contributed by atoms with Crippen LogP contribution >= 0.6 is 24.0 Å². The van der Waals surface area contributed by atoms with E-state index in [1.165, 1.54) is 11.1 Å². The van der Waals surface area contributed by atoms with E-state index in [1.807, 2.05) is 30.3 Å². The normalized spacial score (nSPS) is 16.6. The molecule has 0 spiro atoms. The lowest BCUT2D eigenvalue weighted by atomic mass is 10.1. The van der Waals surface area contributed by atoms with Crippen LogP contribution < -0.4 is 10.1 Å². The van der Waals surface area contributed by atoms with Gasteiger partial charge in [0.2, 0.25) is 0 Å². The molecule has 2 aromatic carbocycles. The quantitative estimate of drug-likeness (QED) is 0.351. The van der Waals surface area contributed by atoms with E-state index in [2.05, 4.69) is 41.4 Å². The zero-order chi connectivity index (χ0) is 18.9. The molecule has 3 rings (SSSR count). The lowest BCUT2D eigenvalue weighted by molar-refractivity contribution is 0.188.